The maximum atomic E-state index is 12.0. The van der Waals surface area contributed by atoms with E-state index in [2.05, 4.69) is 9.82 Å². The molecule has 2 rings (SSSR count). The van der Waals surface area contributed by atoms with Gasteiger partial charge >= 0.3 is 0 Å². The number of hydrogen-bond donors (Lipinski definition) is 2. The van der Waals surface area contributed by atoms with Crippen LogP contribution in [0.1, 0.15) is 0 Å². The van der Waals surface area contributed by atoms with Crippen molar-refractivity contribution in [3.8, 4) is 0 Å². The second-order valence-electron chi connectivity index (χ2n) is 3.48. The molecule has 0 radical (unpaired) electrons. The molecule has 90 valence electrons. The van der Waals surface area contributed by atoms with Crippen molar-refractivity contribution in [2.75, 3.05) is 10.5 Å². The van der Waals surface area contributed by atoms with Crippen molar-refractivity contribution in [3.05, 3.63) is 36.5 Å². The minimum atomic E-state index is -3.67. The monoisotopic (exact) mass is 252 g/mol. The van der Waals surface area contributed by atoms with Gasteiger partial charge in [0.05, 0.1) is 11.9 Å². The Labute approximate surface area is 99.1 Å². The lowest BCUT2D eigenvalue weighted by atomic mass is 10.3. The fourth-order valence-corrected chi connectivity index (χ4v) is 2.61. The van der Waals surface area contributed by atoms with Crippen molar-refractivity contribution in [2.45, 2.75) is 4.90 Å². The summed E-state index contributed by atoms with van der Waals surface area (Å²) in [5, 5.41) is 3.88. The van der Waals surface area contributed by atoms with E-state index in [0.29, 0.717) is 5.82 Å². The number of aromatic nitrogens is 2. The van der Waals surface area contributed by atoms with Gasteiger partial charge in [0.25, 0.3) is 10.0 Å². The summed E-state index contributed by atoms with van der Waals surface area (Å²) in [4.78, 5) is 0.0567. The lowest BCUT2D eigenvalue weighted by molar-refractivity contribution is 0.600. The van der Waals surface area contributed by atoms with Crippen molar-refractivity contribution in [1.29, 1.82) is 0 Å². The zero-order valence-corrected chi connectivity index (χ0v) is 9.98. The summed E-state index contributed by atoms with van der Waals surface area (Å²) in [6, 6.07) is 7.86. The third-order valence-electron chi connectivity index (χ3n) is 2.27. The molecule has 0 spiro atoms. The highest BCUT2D eigenvalue weighted by Gasteiger charge is 2.18. The van der Waals surface area contributed by atoms with Crippen LogP contribution in [0.4, 0.5) is 11.5 Å². The summed E-state index contributed by atoms with van der Waals surface area (Å²) in [5.41, 5.74) is 5.84. The lowest BCUT2D eigenvalue weighted by Crippen LogP contribution is -2.16. The standard InChI is InChI=1S/C10H12N4O2S/c1-14-10(6-7-12-14)13-17(15,16)9-5-3-2-4-8(9)11/h2-7,13H,11H2,1H3. The molecule has 0 aliphatic heterocycles. The zero-order chi connectivity index (χ0) is 12.5. The SMILES string of the molecule is Cn1nccc1NS(=O)(=O)c1ccccc1N. The molecule has 0 fully saturated rings. The number of anilines is 2. The number of sulfonamides is 1. The Bertz CT molecular complexity index is 633. The Balaban J connectivity index is 2.39. The molecule has 1 aromatic carbocycles. The van der Waals surface area contributed by atoms with Gasteiger partial charge in [0.1, 0.15) is 10.7 Å². The zero-order valence-electron chi connectivity index (χ0n) is 9.16. The van der Waals surface area contributed by atoms with Gasteiger partial charge in [0, 0.05) is 13.1 Å². The summed E-state index contributed by atoms with van der Waals surface area (Å²) >= 11 is 0. The van der Waals surface area contributed by atoms with E-state index >= 15 is 0 Å². The fraction of sp³-hybridized carbons (Fsp3) is 0.100. The number of nitrogens with two attached hydrogens (primary N) is 1. The summed E-state index contributed by atoms with van der Waals surface area (Å²) < 4.78 is 27.9. The number of para-hydroxylation sites is 1. The average molecular weight is 252 g/mol. The molecule has 0 bridgehead atoms. The van der Waals surface area contributed by atoms with E-state index in [1.54, 1.807) is 25.2 Å². The number of nitrogens with one attached hydrogen (secondary N) is 1. The Hall–Kier alpha value is -2.02. The van der Waals surface area contributed by atoms with Gasteiger partial charge in [0.2, 0.25) is 0 Å². The molecule has 2 aromatic rings. The first kappa shape index (κ1) is 11.5. The van der Waals surface area contributed by atoms with E-state index in [0.717, 1.165) is 0 Å². The first-order valence-electron chi connectivity index (χ1n) is 4.86. The van der Waals surface area contributed by atoms with E-state index in [9.17, 15) is 8.42 Å². The van der Waals surface area contributed by atoms with Gasteiger partial charge < -0.3 is 5.73 Å². The van der Waals surface area contributed by atoms with Crippen LogP contribution in [-0.2, 0) is 17.1 Å². The van der Waals surface area contributed by atoms with Gasteiger partial charge in [-0.05, 0) is 12.1 Å². The topological polar surface area (TPSA) is 90.0 Å². The second-order valence-corrected chi connectivity index (χ2v) is 5.13. The van der Waals surface area contributed by atoms with E-state index < -0.39 is 10.0 Å². The highest BCUT2D eigenvalue weighted by atomic mass is 32.2. The molecule has 0 amide bonds. The van der Waals surface area contributed by atoms with E-state index in [-0.39, 0.29) is 10.6 Å². The molecule has 3 N–H and O–H groups in total. The van der Waals surface area contributed by atoms with Crippen molar-refractivity contribution in [2.24, 2.45) is 7.05 Å². The molecule has 0 saturated carbocycles. The van der Waals surface area contributed by atoms with Crippen LogP contribution in [0.5, 0.6) is 0 Å². The number of rotatable bonds is 3. The molecule has 0 unspecified atom stereocenters. The predicted octanol–water partition coefficient (Wildman–Crippen LogP) is 0.803. The maximum Gasteiger partial charge on any atom is 0.265 e. The van der Waals surface area contributed by atoms with Gasteiger partial charge in [-0.1, -0.05) is 12.1 Å². The van der Waals surface area contributed by atoms with Crippen molar-refractivity contribution < 1.29 is 8.42 Å². The van der Waals surface area contributed by atoms with Crippen LogP contribution in [0.2, 0.25) is 0 Å². The van der Waals surface area contributed by atoms with Crippen molar-refractivity contribution in [3.63, 3.8) is 0 Å². The highest BCUT2D eigenvalue weighted by Crippen LogP contribution is 2.20. The average Bonchev–Trinajstić information content (AvgIpc) is 2.64. The molecule has 0 aliphatic rings. The first-order chi connectivity index (χ1) is 8.00. The largest absolute Gasteiger partial charge is 0.398 e. The minimum Gasteiger partial charge on any atom is -0.398 e. The fourth-order valence-electron chi connectivity index (χ4n) is 1.39. The Morgan fingerprint density at radius 3 is 2.59 bits per heavy atom. The predicted molar refractivity (Wildman–Crippen MR) is 64.9 cm³/mol. The third kappa shape index (κ3) is 2.23. The Morgan fingerprint density at radius 1 is 1.29 bits per heavy atom. The Kier molecular flexibility index (Phi) is 2.76. The summed E-state index contributed by atoms with van der Waals surface area (Å²) in [7, 11) is -2.03. The highest BCUT2D eigenvalue weighted by molar-refractivity contribution is 7.92. The molecule has 0 atom stereocenters. The van der Waals surface area contributed by atoms with Crippen LogP contribution in [-0.4, -0.2) is 18.2 Å². The van der Waals surface area contributed by atoms with Gasteiger partial charge in [-0.15, -0.1) is 0 Å². The molecule has 1 aromatic heterocycles. The maximum absolute atomic E-state index is 12.0. The molecule has 17 heavy (non-hydrogen) atoms. The molecular weight excluding hydrogens is 240 g/mol. The third-order valence-corrected chi connectivity index (χ3v) is 3.70. The van der Waals surface area contributed by atoms with Crippen LogP contribution in [0, 0.1) is 0 Å². The molecule has 1 heterocycles. The van der Waals surface area contributed by atoms with E-state index in [1.807, 2.05) is 0 Å². The summed E-state index contributed by atoms with van der Waals surface area (Å²) in [6.45, 7) is 0. The quantitative estimate of drug-likeness (QED) is 0.791. The van der Waals surface area contributed by atoms with Gasteiger partial charge in [-0.3, -0.25) is 9.40 Å². The molecule has 0 aliphatic carbocycles. The minimum absolute atomic E-state index is 0.0567. The van der Waals surface area contributed by atoms with Crippen LogP contribution in [0.15, 0.2) is 41.4 Å². The second kappa shape index (κ2) is 4.10. The first-order valence-corrected chi connectivity index (χ1v) is 6.34. The van der Waals surface area contributed by atoms with Crippen LogP contribution in [0.25, 0.3) is 0 Å². The van der Waals surface area contributed by atoms with Crippen LogP contribution >= 0.6 is 0 Å². The summed E-state index contributed by atoms with van der Waals surface area (Å²) in [5.74, 6) is 0.383. The molecule has 7 heteroatoms. The number of hydrogen-bond acceptors (Lipinski definition) is 4. The molecule has 6 nitrogen and oxygen atoms in total. The number of benzene rings is 1. The number of nitrogen functional groups attached to an aromatic ring is 1. The number of aryl methyl sites for hydroxylation is 1. The smallest absolute Gasteiger partial charge is 0.265 e. The molecular formula is C10H12N4O2S. The normalized spacial score (nSPS) is 11.4. The van der Waals surface area contributed by atoms with Crippen LogP contribution < -0.4 is 10.5 Å². The summed E-state index contributed by atoms with van der Waals surface area (Å²) in [6.07, 6.45) is 1.51. The van der Waals surface area contributed by atoms with Crippen molar-refractivity contribution in [1.82, 2.24) is 9.78 Å². The van der Waals surface area contributed by atoms with Crippen molar-refractivity contribution >= 4 is 21.5 Å². The van der Waals surface area contributed by atoms with Gasteiger partial charge in [-0.25, -0.2) is 8.42 Å². The lowest BCUT2D eigenvalue weighted by Gasteiger charge is -2.09. The van der Waals surface area contributed by atoms with Gasteiger partial charge in [0.15, 0.2) is 0 Å². The van der Waals surface area contributed by atoms with Gasteiger partial charge in [-0.2, -0.15) is 5.10 Å². The van der Waals surface area contributed by atoms with E-state index in [4.69, 9.17) is 5.73 Å². The number of nitrogens with zero attached hydrogens (tertiary/aromatic N) is 2. The van der Waals surface area contributed by atoms with Crippen LogP contribution in [0.3, 0.4) is 0 Å². The molecule has 0 saturated heterocycles. The van der Waals surface area contributed by atoms with E-state index in [1.165, 1.54) is 23.0 Å². The Morgan fingerprint density at radius 2 is 2.00 bits per heavy atom.